The highest BCUT2D eigenvalue weighted by atomic mass is 79.9. The largest absolute Gasteiger partial charge is 0.550 e. The molecule has 1 aromatic heterocycles. The molecule has 0 fully saturated rings. The Balaban J connectivity index is 2.09. The quantitative estimate of drug-likeness (QED) is 0.670. The van der Waals surface area contributed by atoms with Gasteiger partial charge in [0.15, 0.2) is 0 Å². The Morgan fingerprint density at radius 1 is 1.00 bits per heavy atom. The highest BCUT2D eigenvalue weighted by Gasteiger charge is 2.12. The number of carbonyl (C=O) groups is 1. The predicted molar refractivity (Wildman–Crippen MR) is 92.2 cm³/mol. The minimum Gasteiger partial charge on any atom is -0.550 e. The normalized spacial score (nSPS) is 10.8. The van der Waals surface area contributed by atoms with Crippen LogP contribution in [0.2, 0.25) is 0 Å². The first-order valence-electron chi connectivity index (χ1n) is 7.47. The Bertz CT molecular complexity index is 854. The third-order valence-corrected chi connectivity index (χ3v) is 4.30. The van der Waals surface area contributed by atoms with E-state index in [-0.39, 0.29) is 12.2 Å². The fourth-order valence-corrected chi connectivity index (χ4v) is 2.91. The van der Waals surface area contributed by atoms with E-state index in [9.17, 15) is 14.3 Å². The number of carboxylic acid groups (broad SMARTS) is 1. The molecule has 0 atom stereocenters. The van der Waals surface area contributed by atoms with Crippen molar-refractivity contribution in [2.45, 2.75) is 12.8 Å². The molecule has 3 nitrogen and oxygen atoms in total. The average Bonchev–Trinajstić information content (AvgIpc) is 2.98. The number of rotatable bonds is 5. The molecule has 2 aromatic carbocycles. The second-order valence-electron chi connectivity index (χ2n) is 5.40. The van der Waals surface area contributed by atoms with Crippen molar-refractivity contribution in [3.05, 3.63) is 76.6 Å². The summed E-state index contributed by atoms with van der Waals surface area (Å²) in [6.07, 6.45) is 0.279. The number of aromatic nitrogens is 1. The number of benzene rings is 2. The lowest BCUT2D eigenvalue weighted by molar-refractivity contribution is -0.305. The molecule has 5 heteroatoms. The van der Waals surface area contributed by atoms with E-state index in [4.69, 9.17) is 0 Å². The lowest BCUT2D eigenvalue weighted by Gasteiger charge is -2.14. The summed E-state index contributed by atoms with van der Waals surface area (Å²) in [6.45, 7) is 0. The van der Waals surface area contributed by atoms with Gasteiger partial charge in [0.05, 0.1) is 5.69 Å². The van der Waals surface area contributed by atoms with E-state index in [0.717, 1.165) is 27.1 Å². The highest BCUT2D eigenvalue weighted by molar-refractivity contribution is 9.10. The lowest BCUT2D eigenvalue weighted by atomic mass is 10.1. The fourth-order valence-electron chi connectivity index (χ4n) is 2.65. The van der Waals surface area contributed by atoms with Crippen LogP contribution >= 0.6 is 15.9 Å². The van der Waals surface area contributed by atoms with Crippen molar-refractivity contribution in [3.63, 3.8) is 0 Å². The molecule has 0 spiro atoms. The summed E-state index contributed by atoms with van der Waals surface area (Å²) < 4.78 is 16.2. The van der Waals surface area contributed by atoms with E-state index >= 15 is 0 Å². The van der Waals surface area contributed by atoms with E-state index in [0.29, 0.717) is 6.42 Å². The minimum atomic E-state index is -1.09. The van der Waals surface area contributed by atoms with Gasteiger partial charge in [-0.15, -0.1) is 0 Å². The van der Waals surface area contributed by atoms with Crippen molar-refractivity contribution >= 4 is 21.9 Å². The third-order valence-electron chi connectivity index (χ3n) is 3.77. The first kappa shape index (κ1) is 16.5. The predicted octanol–water partition coefficient (Wildman–Crippen LogP) is 3.73. The summed E-state index contributed by atoms with van der Waals surface area (Å²) in [4.78, 5) is 10.8. The van der Waals surface area contributed by atoms with Crippen LogP contribution in [0, 0.1) is 5.82 Å². The van der Waals surface area contributed by atoms with Gasteiger partial charge in [-0.2, -0.15) is 0 Å². The number of aliphatic carboxylic acids is 1. The molecular formula is C19H14BrFNO2-. The molecule has 0 amide bonds. The van der Waals surface area contributed by atoms with E-state index in [1.165, 1.54) is 12.1 Å². The number of carbonyl (C=O) groups excluding carboxylic acids is 1. The van der Waals surface area contributed by atoms with Gasteiger partial charge in [0, 0.05) is 21.8 Å². The Hall–Kier alpha value is -2.40. The van der Waals surface area contributed by atoms with Crippen LogP contribution in [0.15, 0.2) is 65.1 Å². The van der Waals surface area contributed by atoms with Crippen LogP contribution in [0.3, 0.4) is 0 Å². The molecule has 24 heavy (non-hydrogen) atoms. The van der Waals surface area contributed by atoms with E-state index in [2.05, 4.69) is 15.9 Å². The maximum Gasteiger partial charge on any atom is 0.123 e. The van der Waals surface area contributed by atoms with E-state index in [1.807, 2.05) is 41.0 Å². The monoisotopic (exact) mass is 386 g/mol. The van der Waals surface area contributed by atoms with Crippen molar-refractivity contribution in [1.82, 2.24) is 4.57 Å². The van der Waals surface area contributed by atoms with Crippen molar-refractivity contribution < 1.29 is 14.3 Å². The fraction of sp³-hybridized carbons (Fsp3) is 0.105. The molecule has 0 bridgehead atoms. The summed E-state index contributed by atoms with van der Waals surface area (Å²) in [6, 6.07) is 17.8. The van der Waals surface area contributed by atoms with Crippen LogP contribution in [0.1, 0.15) is 12.1 Å². The second kappa shape index (κ2) is 7.01. The third kappa shape index (κ3) is 3.57. The van der Waals surface area contributed by atoms with Gasteiger partial charge in [-0.3, -0.25) is 0 Å². The van der Waals surface area contributed by atoms with Crippen molar-refractivity contribution in [1.29, 1.82) is 0 Å². The van der Waals surface area contributed by atoms with Crippen molar-refractivity contribution in [2.75, 3.05) is 0 Å². The number of aryl methyl sites for hydroxylation is 1. The molecule has 0 radical (unpaired) electrons. The Labute approximate surface area is 147 Å². The van der Waals surface area contributed by atoms with Gasteiger partial charge in [-0.25, -0.2) is 4.39 Å². The Morgan fingerprint density at radius 2 is 1.67 bits per heavy atom. The molecule has 0 aliphatic rings. The first-order chi connectivity index (χ1) is 11.5. The van der Waals surface area contributed by atoms with Gasteiger partial charge >= 0.3 is 0 Å². The van der Waals surface area contributed by atoms with Gasteiger partial charge in [0.1, 0.15) is 5.82 Å². The maximum atomic E-state index is 13.3. The summed E-state index contributed by atoms with van der Waals surface area (Å²) in [5, 5.41) is 10.8. The van der Waals surface area contributed by atoms with Gasteiger partial charge in [0.25, 0.3) is 0 Å². The summed E-state index contributed by atoms with van der Waals surface area (Å²) in [5.41, 5.74) is 3.53. The number of hydrogen-bond acceptors (Lipinski definition) is 2. The number of nitrogens with zero attached hydrogens (tertiary/aromatic N) is 1. The molecule has 122 valence electrons. The van der Waals surface area contributed by atoms with E-state index < -0.39 is 5.97 Å². The molecular weight excluding hydrogens is 373 g/mol. The first-order valence-corrected chi connectivity index (χ1v) is 8.26. The molecule has 0 saturated heterocycles. The average molecular weight is 387 g/mol. The van der Waals surface area contributed by atoms with Crippen LogP contribution in [-0.4, -0.2) is 10.5 Å². The zero-order chi connectivity index (χ0) is 17.1. The topological polar surface area (TPSA) is 45.1 Å². The molecule has 0 aliphatic carbocycles. The maximum absolute atomic E-state index is 13.3. The second-order valence-corrected chi connectivity index (χ2v) is 6.32. The molecule has 0 aliphatic heterocycles. The Kier molecular flexibility index (Phi) is 4.81. The molecule has 0 saturated carbocycles. The van der Waals surface area contributed by atoms with Gasteiger partial charge in [-0.1, -0.05) is 28.1 Å². The number of carboxylic acids is 1. The minimum absolute atomic E-state index is 0.0645. The molecule has 0 unspecified atom stereocenters. The molecule has 3 aromatic rings. The van der Waals surface area contributed by atoms with Crippen LogP contribution in [0.5, 0.6) is 0 Å². The van der Waals surface area contributed by atoms with Gasteiger partial charge < -0.3 is 14.5 Å². The summed E-state index contributed by atoms with van der Waals surface area (Å²) >= 11 is 3.41. The zero-order valence-corrected chi connectivity index (χ0v) is 14.3. The zero-order valence-electron chi connectivity index (χ0n) is 12.7. The van der Waals surface area contributed by atoms with Crippen LogP contribution in [0.25, 0.3) is 16.9 Å². The van der Waals surface area contributed by atoms with Crippen LogP contribution in [0.4, 0.5) is 4.39 Å². The SMILES string of the molecule is O=C([O-])CCc1ccc(-c2ccc(Br)cc2)n1-c1ccc(F)cc1. The lowest BCUT2D eigenvalue weighted by Crippen LogP contribution is -2.22. The smallest absolute Gasteiger partial charge is 0.123 e. The van der Waals surface area contributed by atoms with Crippen molar-refractivity contribution in [3.8, 4) is 16.9 Å². The van der Waals surface area contributed by atoms with Gasteiger partial charge in [0.2, 0.25) is 0 Å². The van der Waals surface area contributed by atoms with Gasteiger partial charge in [-0.05, 0) is 66.9 Å². The number of hydrogen-bond donors (Lipinski definition) is 0. The van der Waals surface area contributed by atoms with E-state index in [1.54, 1.807) is 12.1 Å². The molecule has 3 rings (SSSR count). The number of halogens is 2. The molecule has 0 N–H and O–H groups in total. The summed E-state index contributed by atoms with van der Waals surface area (Å²) in [5.74, 6) is -1.40. The van der Waals surface area contributed by atoms with Crippen LogP contribution < -0.4 is 5.11 Å². The Morgan fingerprint density at radius 3 is 2.29 bits per heavy atom. The molecule has 1 heterocycles. The van der Waals surface area contributed by atoms with Crippen LogP contribution in [-0.2, 0) is 11.2 Å². The highest BCUT2D eigenvalue weighted by Crippen LogP contribution is 2.28. The van der Waals surface area contributed by atoms with Crippen molar-refractivity contribution in [2.24, 2.45) is 0 Å². The summed E-state index contributed by atoms with van der Waals surface area (Å²) in [7, 11) is 0. The standard InChI is InChI=1S/C19H15BrFNO2/c20-14-3-1-13(2-4-14)18-11-9-17(10-12-19(23)24)22(18)16-7-5-15(21)6-8-16/h1-9,11H,10,12H2,(H,23,24)/p-1.